The lowest BCUT2D eigenvalue weighted by Crippen LogP contribution is -2.40. The Balaban J connectivity index is 1.35. The van der Waals surface area contributed by atoms with Crippen LogP contribution in [0.5, 0.6) is 0 Å². The van der Waals surface area contributed by atoms with E-state index in [1.165, 1.54) is 16.4 Å². The number of carbonyl (C=O) groups excluding carboxylic acids is 1. The number of nitrogens with one attached hydrogen (secondary N) is 1. The maximum Gasteiger partial charge on any atom is 0.243 e. The second kappa shape index (κ2) is 9.78. The van der Waals surface area contributed by atoms with E-state index in [1.807, 2.05) is 0 Å². The average Bonchev–Trinajstić information content (AvgIpc) is 3.29. The Morgan fingerprint density at radius 2 is 1.75 bits per heavy atom. The minimum absolute atomic E-state index is 0.168. The molecule has 0 unspecified atom stereocenters. The van der Waals surface area contributed by atoms with E-state index < -0.39 is 10.0 Å². The van der Waals surface area contributed by atoms with Gasteiger partial charge in [-0.25, -0.2) is 8.42 Å². The molecule has 4 rings (SSSR count). The number of hydrogen-bond acceptors (Lipinski definition) is 7. The van der Waals surface area contributed by atoms with Gasteiger partial charge in [-0.2, -0.15) is 9.29 Å². The molecule has 0 atom stereocenters. The quantitative estimate of drug-likeness (QED) is 0.557. The molecule has 0 saturated carbocycles. The zero-order chi connectivity index (χ0) is 22.6. The van der Waals surface area contributed by atoms with Gasteiger partial charge in [0.25, 0.3) is 0 Å². The van der Waals surface area contributed by atoms with Crippen molar-refractivity contribution in [3.63, 3.8) is 0 Å². The van der Waals surface area contributed by atoms with Crippen LogP contribution in [-0.4, -0.2) is 55.1 Å². The predicted octanol–water partition coefficient (Wildman–Crippen LogP) is 2.98. The summed E-state index contributed by atoms with van der Waals surface area (Å²) in [5, 5.41) is 7.29. The molecule has 2 heterocycles. The molecule has 0 bridgehead atoms. The molecule has 1 aliphatic heterocycles. The van der Waals surface area contributed by atoms with Crippen LogP contribution in [0.3, 0.4) is 0 Å². The van der Waals surface area contributed by atoms with Crippen LogP contribution < -0.4 is 5.32 Å². The Hall–Kier alpha value is -2.79. The van der Waals surface area contributed by atoms with Gasteiger partial charge in [0.1, 0.15) is 0 Å². The van der Waals surface area contributed by atoms with E-state index in [-0.39, 0.29) is 23.6 Å². The molecule has 1 aliphatic rings. The second-order valence-corrected chi connectivity index (χ2v) is 9.48. The lowest BCUT2D eigenvalue weighted by Gasteiger charge is -2.26. The lowest BCUT2D eigenvalue weighted by atomic mass is 10.2. The molecule has 9 nitrogen and oxygen atoms in total. The third-order valence-electron chi connectivity index (χ3n) is 4.88. The number of morpholine rings is 1. The summed E-state index contributed by atoms with van der Waals surface area (Å²) in [6.07, 6.45) is 0.441. The number of aryl methyl sites for hydroxylation is 1. The van der Waals surface area contributed by atoms with Gasteiger partial charge in [0.2, 0.25) is 27.6 Å². The molecular formula is C21H21ClN4O5S. The van der Waals surface area contributed by atoms with E-state index >= 15 is 0 Å². The second-order valence-electron chi connectivity index (χ2n) is 7.11. The number of aromatic nitrogens is 2. The lowest BCUT2D eigenvalue weighted by molar-refractivity contribution is -0.116. The van der Waals surface area contributed by atoms with Gasteiger partial charge in [0, 0.05) is 42.2 Å². The first-order chi connectivity index (χ1) is 15.4. The van der Waals surface area contributed by atoms with Gasteiger partial charge < -0.3 is 14.6 Å². The zero-order valence-electron chi connectivity index (χ0n) is 17.0. The zero-order valence-corrected chi connectivity index (χ0v) is 18.6. The van der Waals surface area contributed by atoms with Crippen LogP contribution in [0.4, 0.5) is 5.69 Å². The Morgan fingerprint density at radius 1 is 1.06 bits per heavy atom. The number of sulfonamides is 1. The van der Waals surface area contributed by atoms with Crippen LogP contribution in [0, 0.1) is 0 Å². The Labute approximate surface area is 190 Å². The molecule has 1 saturated heterocycles. The summed E-state index contributed by atoms with van der Waals surface area (Å²) < 4.78 is 37.3. The van der Waals surface area contributed by atoms with E-state index in [1.54, 1.807) is 36.4 Å². The van der Waals surface area contributed by atoms with Crippen LogP contribution >= 0.6 is 11.6 Å². The van der Waals surface area contributed by atoms with Crippen LogP contribution in [0.25, 0.3) is 11.4 Å². The Morgan fingerprint density at radius 3 is 2.44 bits per heavy atom. The van der Waals surface area contributed by atoms with Gasteiger partial charge in [-0.05, 0) is 48.5 Å². The van der Waals surface area contributed by atoms with Gasteiger partial charge in [0.05, 0.1) is 18.1 Å². The number of rotatable bonds is 7. The van der Waals surface area contributed by atoms with Crippen LogP contribution in [0.15, 0.2) is 57.9 Å². The number of ether oxygens (including phenoxy) is 1. The van der Waals surface area contributed by atoms with Crippen LogP contribution in [-0.2, 0) is 26.0 Å². The van der Waals surface area contributed by atoms with Crippen LogP contribution in [0.2, 0.25) is 5.02 Å². The maximum atomic E-state index is 12.7. The van der Waals surface area contributed by atoms with Crippen molar-refractivity contribution < 1.29 is 22.5 Å². The van der Waals surface area contributed by atoms with Crippen molar-refractivity contribution in [2.45, 2.75) is 17.7 Å². The van der Waals surface area contributed by atoms with Crippen LogP contribution in [0.1, 0.15) is 12.3 Å². The van der Waals surface area contributed by atoms with E-state index in [0.29, 0.717) is 54.3 Å². The molecule has 1 fully saturated rings. The third kappa shape index (κ3) is 5.33. The molecule has 0 radical (unpaired) electrons. The molecule has 1 N–H and O–H groups in total. The van der Waals surface area contributed by atoms with Gasteiger partial charge in [0.15, 0.2) is 0 Å². The summed E-state index contributed by atoms with van der Waals surface area (Å²) >= 11 is 5.83. The summed E-state index contributed by atoms with van der Waals surface area (Å²) in [5.74, 6) is 0.453. The number of hydrogen-bond donors (Lipinski definition) is 1. The predicted molar refractivity (Wildman–Crippen MR) is 118 cm³/mol. The number of anilines is 1. The molecule has 3 aromatic rings. The number of benzene rings is 2. The normalized spacial score (nSPS) is 14.9. The minimum Gasteiger partial charge on any atom is -0.379 e. The molecule has 168 valence electrons. The standard InChI is InChI=1S/C21H21ClN4O5S/c22-16-3-5-17(6-4-16)23-19(27)9-10-20-24-21(25-31-20)15-1-7-18(8-2-15)32(28,29)26-11-13-30-14-12-26/h1-8H,9-14H2,(H,23,27). The molecule has 1 aromatic heterocycles. The minimum atomic E-state index is -3.56. The Bertz CT molecular complexity index is 1170. The SMILES string of the molecule is O=C(CCc1nc(-c2ccc(S(=O)(=O)N3CCOCC3)cc2)no1)Nc1ccc(Cl)cc1. The van der Waals surface area contributed by atoms with Crippen molar-refractivity contribution in [2.75, 3.05) is 31.6 Å². The first-order valence-electron chi connectivity index (χ1n) is 9.98. The van der Waals surface area contributed by atoms with E-state index in [2.05, 4.69) is 15.5 Å². The fourth-order valence-electron chi connectivity index (χ4n) is 3.16. The highest BCUT2D eigenvalue weighted by atomic mass is 35.5. The highest BCUT2D eigenvalue weighted by Crippen LogP contribution is 2.22. The van der Waals surface area contributed by atoms with E-state index in [0.717, 1.165) is 0 Å². The molecule has 1 amide bonds. The number of nitrogens with zero attached hydrogens (tertiary/aromatic N) is 3. The van der Waals surface area contributed by atoms with Crippen molar-refractivity contribution in [3.8, 4) is 11.4 Å². The summed E-state index contributed by atoms with van der Waals surface area (Å²) in [6.45, 7) is 1.45. The van der Waals surface area contributed by atoms with E-state index in [4.69, 9.17) is 20.9 Å². The topological polar surface area (TPSA) is 115 Å². The highest BCUT2D eigenvalue weighted by Gasteiger charge is 2.26. The first-order valence-corrected chi connectivity index (χ1v) is 11.8. The number of halogens is 1. The molecular weight excluding hydrogens is 456 g/mol. The fourth-order valence-corrected chi connectivity index (χ4v) is 4.70. The third-order valence-corrected chi connectivity index (χ3v) is 7.05. The highest BCUT2D eigenvalue weighted by molar-refractivity contribution is 7.89. The van der Waals surface area contributed by atoms with Gasteiger partial charge in [-0.3, -0.25) is 4.79 Å². The fraction of sp³-hybridized carbons (Fsp3) is 0.286. The van der Waals surface area contributed by atoms with Gasteiger partial charge in [-0.15, -0.1) is 0 Å². The molecule has 32 heavy (non-hydrogen) atoms. The largest absolute Gasteiger partial charge is 0.379 e. The summed E-state index contributed by atoms with van der Waals surface area (Å²) in [6, 6.07) is 13.1. The van der Waals surface area contributed by atoms with Crippen molar-refractivity contribution in [3.05, 3.63) is 59.4 Å². The average molecular weight is 477 g/mol. The smallest absolute Gasteiger partial charge is 0.243 e. The van der Waals surface area contributed by atoms with Gasteiger partial charge >= 0.3 is 0 Å². The monoisotopic (exact) mass is 476 g/mol. The summed E-state index contributed by atoms with van der Waals surface area (Å²) in [4.78, 5) is 16.6. The summed E-state index contributed by atoms with van der Waals surface area (Å²) in [5.41, 5.74) is 1.27. The number of carbonyl (C=O) groups is 1. The number of amides is 1. The Kier molecular flexibility index (Phi) is 6.85. The first kappa shape index (κ1) is 22.4. The molecule has 11 heteroatoms. The summed E-state index contributed by atoms with van der Waals surface area (Å²) in [7, 11) is -3.56. The van der Waals surface area contributed by atoms with Crippen molar-refractivity contribution in [2.24, 2.45) is 0 Å². The van der Waals surface area contributed by atoms with Crippen molar-refractivity contribution >= 4 is 33.2 Å². The maximum absolute atomic E-state index is 12.7. The van der Waals surface area contributed by atoms with Crippen molar-refractivity contribution in [1.82, 2.24) is 14.4 Å². The molecule has 2 aromatic carbocycles. The molecule has 0 aliphatic carbocycles. The molecule has 0 spiro atoms. The van der Waals surface area contributed by atoms with Crippen molar-refractivity contribution in [1.29, 1.82) is 0 Å². The van der Waals surface area contributed by atoms with Gasteiger partial charge in [-0.1, -0.05) is 16.8 Å². The van der Waals surface area contributed by atoms with E-state index in [9.17, 15) is 13.2 Å².